The summed E-state index contributed by atoms with van der Waals surface area (Å²) >= 11 is 0. The van der Waals surface area contributed by atoms with Crippen LogP contribution in [0.15, 0.2) is 66.2 Å². The first kappa shape index (κ1) is 18.9. The van der Waals surface area contributed by atoms with Crippen molar-refractivity contribution in [3.05, 3.63) is 72.3 Å². The number of rotatable bonds is 7. The Balaban J connectivity index is 1.38. The van der Waals surface area contributed by atoms with Gasteiger partial charge in [0.25, 0.3) is 0 Å². The fourth-order valence-corrected chi connectivity index (χ4v) is 3.23. The summed E-state index contributed by atoms with van der Waals surface area (Å²) in [7, 11) is 0. The van der Waals surface area contributed by atoms with E-state index in [4.69, 9.17) is 14.5 Å². The van der Waals surface area contributed by atoms with E-state index in [9.17, 15) is 0 Å². The molecule has 1 aromatic heterocycles. The number of ether oxygens (including phenoxy) is 2. The second-order valence-electron chi connectivity index (χ2n) is 6.66. The van der Waals surface area contributed by atoms with E-state index in [1.54, 1.807) is 12.5 Å². The lowest BCUT2D eigenvalue weighted by Gasteiger charge is -2.13. The molecule has 0 atom stereocenters. The third-order valence-corrected chi connectivity index (χ3v) is 4.67. The van der Waals surface area contributed by atoms with Crippen molar-refractivity contribution in [3.8, 4) is 17.2 Å². The van der Waals surface area contributed by atoms with E-state index in [0.29, 0.717) is 13.3 Å². The van der Waals surface area contributed by atoms with Gasteiger partial charge in [0.05, 0.1) is 18.6 Å². The van der Waals surface area contributed by atoms with Crippen LogP contribution < -0.4 is 20.1 Å². The minimum Gasteiger partial charge on any atom is -0.454 e. The molecule has 7 heteroatoms. The van der Waals surface area contributed by atoms with Gasteiger partial charge in [-0.25, -0.2) is 9.98 Å². The van der Waals surface area contributed by atoms with Crippen molar-refractivity contribution >= 4 is 5.96 Å². The molecule has 0 saturated carbocycles. The van der Waals surface area contributed by atoms with Crippen LogP contribution in [-0.2, 0) is 13.0 Å². The van der Waals surface area contributed by atoms with Crippen molar-refractivity contribution in [2.75, 3.05) is 19.9 Å². The molecule has 0 radical (unpaired) electrons. The number of guanidine groups is 1. The predicted octanol–water partition coefficient (Wildman–Crippen LogP) is 2.90. The summed E-state index contributed by atoms with van der Waals surface area (Å²) in [5.74, 6) is 2.43. The number of nitrogens with one attached hydrogen (secondary N) is 2. The van der Waals surface area contributed by atoms with Crippen molar-refractivity contribution in [2.45, 2.75) is 19.9 Å². The molecule has 3 aromatic rings. The number of imidazole rings is 1. The third kappa shape index (κ3) is 4.68. The number of hydrogen-bond acceptors (Lipinski definition) is 4. The molecule has 2 aromatic carbocycles. The molecule has 29 heavy (non-hydrogen) atoms. The summed E-state index contributed by atoms with van der Waals surface area (Å²) in [6.07, 6.45) is 6.39. The van der Waals surface area contributed by atoms with Crippen LogP contribution in [0.5, 0.6) is 11.5 Å². The quantitative estimate of drug-likeness (QED) is 0.479. The number of benzene rings is 2. The zero-order valence-corrected chi connectivity index (χ0v) is 16.5. The van der Waals surface area contributed by atoms with Gasteiger partial charge < -0.3 is 24.7 Å². The summed E-state index contributed by atoms with van der Waals surface area (Å²) in [5, 5.41) is 6.72. The molecule has 0 saturated heterocycles. The van der Waals surface area contributed by atoms with Gasteiger partial charge in [-0.1, -0.05) is 24.3 Å². The molecule has 0 bridgehead atoms. The molecule has 7 nitrogen and oxygen atoms in total. The van der Waals surface area contributed by atoms with Gasteiger partial charge in [0.15, 0.2) is 17.5 Å². The maximum atomic E-state index is 5.45. The van der Waals surface area contributed by atoms with E-state index in [2.05, 4.69) is 40.7 Å². The lowest BCUT2D eigenvalue weighted by atomic mass is 10.1. The highest BCUT2D eigenvalue weighted by Gasteiger charge is 2.13. The van der Waals surface area contributed by atoms with Crippen LogP contribution in [0.25, 0.3) is 5.69 Å². The van der Waals surface area contributed by atoms with E-state index >= 15 is 0 Å². The molecular formula is C22H25N5O2. The SMILES string of the molecule is CCNC(=NCc1ccccc1-n1ccnc1)NCCc1ccc2c(c1)OCO2. The lowest BCUT2D eigenvalue weighted by molar-refractivity contribution is 0.174. The van der Waals surface area contributed by atoms with Crippen LogP contribution >= 0.6 is 0 Å². The summed E-state index contributed by atoms with van der Waals surface area (Å²) < 4.78 is 12.8. The fraction of sp³-hybridized carbons (Fsp3) is 0.273. The van der Waals surface area contributed by atoms with Crippen molar-refractivity contribution in [1.82, 2.24) is 20.2 Å². The van der Waals surface area contributed by atoms with Gasteiger partial charge in [-0.2, -0.15) is 0 Å². The van der Waals surface area contributed by atoms with Gasteiger partial charge in [-0.15, -0.1) is 0 Å². The largest absolute Gasteiger partial charge is 0.454 e. The van der Waals surface area contributed by atoms with E-state index in [1.165, 1.54) is 5.56 Å². The average molecular weight is 391 g/mol. The van der Waals surface area contributed by atoms with Gasteiger partial charge in [0.1, 0.15) is 0 Å². The molecule has 0 aliphatic carbocycles. The second kappa shape index (κ2) is 9.14. The summed E-state index contributed by atoms with van der Waals surface area (Å²) in [6.45, 7) is 4.52. The Labute approximate surface area is 170 Å². The highest BCUT2D eigenvalue weighted by atomic mass is 16.7. The number of hydrogen-bond donors (Lipinski definition) is 2. The van der Waals surface area contributed by atoms with Crippen LogP contribution in [0, 0.1) is 0 Å². The highest BCUT2D eigenvalue weighted by molar-refractivity contribution is 5.79. The Morgan fingerprint density at radius 3 is 2.90 bits per heavy atom. The Bertz CT molecular complexity index is 969. The van der Waals surface area contributed by atoms with Crippen LogP contribution in [-0.4, -0.2) is 35.4 Å². The van der Waals surface area contributed by atoms with E-state index in [-0.39, 0.29) is 0 Å². The van der Waals surface area contributed by atoms with Crippen LogP contribution in [0.4, 0.5) is 0 Å². The molecular weight excluding hydrogens is 366 g/mol. The highest BCUT2D eigenvalue weighted by Crippen LogP contribution is 2.32. The Morgan fingerprint density at radius 2 is 2.03 bits per heavy atom. The normalized spacial score (nSPS) is 12.8. The van der Waals surface area contributed by atoms with Gasteiger partial charge in [0.2, 0.25) is 6.79 Å². The Kier molecular flexibility index (Phi) is 5.95. The smallest absolute Gasteiger partial charge is 0.231 e. The molecule has 1 aliphatic rings. The number of aromatic nitrogens is 2. The Morgan fingerprint density at radius 1 is 1.14 bits per heavy atom. The summed E-state index contributed by atoms with van der Waals surface area (Å²) in [5.41, 5.74) is 3.42. The van der Waals surface area contributed by atoms with Gasteiger partial charge in [-0.05, 0) is 42.7 Å². The zero-order chi connectivity index (χ0) is 19.9. The minimum absolute atomic E-state index is 0.300. The van der Waals surface area contributed by atoms with Crippen molar-refractivity contribution in [3.63, 3.8) is 0 Å². The van der Waals surface area contributed by atoms with Crippen molar-refractivity contribution in [2.24, 2.45) is 4.99 Å². The molecule has 4 rings (SSSR count). The van der Waals surface area contributed by atoms with E-state index in [1.807, 2.05) is 35.0 Å². The van der Waals surface area contributed by atoms with E-state index in [0.717, 1.165) is 48.2 Å². The monoisotopic (exact) mass is 391 g/mol. The maximum absolute atomic E-state index is 5.45. The molecule has 0 spiro atoms. The van der Waals surface area contributed by atoms with Gasteiger partial charge in [-0.3, -0.25) is 0 Å². The van der Waals surface area contributed by atoms with Gasteiger partial charge in [0, 0.05) is 25.5 Å². The number of aliphatic imine (C=N–C) groups is 1. The first-order valence-electron chi connectivity index (χ1n) is 9.80. The maximum Gasteiger partial charge on any atom is 0.231 e. The molecule has 2 heterocycles. The topological polar surface area (TPSA) is 72.7 Å². The summed E-state index contributed by atoms with van der Waals surface area (Å²) in [4.78, 5) is 8.90. The van der Waals surface area contributed by atoms with Crippen molar-refractivity contribution < 1.29 is 9.47 Å². The fourth-order valence-electron chi connectivity index (χ4n) is 3.23. The third-order valence-electron chi connectivity index (χ3n) is 4.67. The molecule has 2 N–H and O–H groups in total. The summed E-state index contributed by atoms with van der Waals surface area (Å²) in [6, 6.07) is 14.3. The van der Waals surface area contributed by atoms with Gasteiger partial charge >= 0.3 is 0 Å². The second-order valence-corrected chi connectivity index (χ2v) is 6.66. The van der Waals surface area contributed by atoms with Crippen LogP contribution in [0.2, 0.25) is 0 Å². The standard InChI is InChI=1S/C22H25N5O2/c1-2-24-22(25-10-9-17-7-8-20-21(13-17)29-16-28-20)26-14-18-5-3-4-6-19(18)27-12-11-23-15-27/h3-8,11-13,15H,2,9-10,14,16H2,1H3,(H2,24,25,26). The average Bonchev–Trinajstić information content (AvgIpc) is 3.44. The molecule has 0 amide bonds. The minimum atomic E-state index is 0.300. The number of nitrogens with zero attached hydrogens (tertiary/aromatic N) is 3. The predicted molar refractivity (Wildman–Crippen MR) is 113 cm³/mol. The van der Waals surface area contributed by atoms with Crippen molar-refractivity contribution in [1.29, 1.82) is 0 Å². The first-order chi connectivity index (χ1) is 14.3. The molecule has 0 fully saturated rings. The Hall–Kier alpha value is -3.48. The van der Waals surface area contributed by atoms with Crippen LogP contribution in [0.3, 0.4) is 0 Å². The van der Waals surface area contributed by atoms with E-state index < -0.39 is 0 Å². The number of para-hydroxylation sites is 1. The number of fused-ring (bicyclic) bond motifs is 1. The molecule has 1 aliphatic heterocycles. The molecule has 150 valence electrons. The zero-order valence-electron chi connectivity index (χ0n) is 16.5. The lowest BCUT2D eigenvalue weighted by Crippen LogP contribution is -2.38. The first-order valence-corrected chi connectivity index (χ1v) is 9.80. The molecule has 0 unspecified atom stereocenters. The van der Waals surface area contributed by atoms with Crippen LogP contribution in [0.1, 0.15) is 18.1 Å².